The Kier molecular flexibility index (Phi) is 8.19. The Morgan fingerprint density at radius 3 is 2.39 bits per heavy atom. The lowest BCUT2D eigenvalue weighted by Crippen LogP contribution is -2.30. The van der Waals surface area contributed by atoms with E-state index in [0.29, 0.717) is 19.3 Å². The van der Waals surface area contributed by atoms with E-state index in [-0.39, 0.29) is 11.5 Å². The van der Waals surface area contributed by atoms with Crippen LogP contribution in [-0.4, -0.2) is 31.7 Å². The van der Waals surface area contributed by atoms with Crippen molar-refractivity contribution in [2.24, 2.45) is 11.3 Å². The molecule has 2 aromatic carbocycles. The molecule has 1 saturated carbocycles. The molecule has 3 heteroatoms. The first-order chi connectivity index (χ1) is 16.2. The van der Waals surface area contributed by atoms with Gasteiger partial charge in [0.15, 0.2) is 0 Å². The van der Waals surface area contributed by atoms with Gasteiger partial charge in [-0.3, -0.25) is 0 Å². The molecule has 1 fully saturated rings. The lowest BCUT2D eigenvalue weighted by Gasteiger charge is -2.37. The highest BCUT2D eigenvalue weighted by molar-refractivity contribution is 5.90. The summed E-state index contributed by atoms with van der Waals surface area (Å²) in [6, 6.07) is 21.7. The molecule has 0 spiro atoms. The highest BCUT2D eigenvalue weighted by Crippen LogP contribution is 2.66. The number of allylic oxidation sites excluding steroid dienone is 3. The molecule has 0 saturated heterocycles. The predicted octanol–water partition coefficient (Wildman–Crippen LogP) is 6.89. The van der Waals surface area contributed by atoms with Gasteiger partial charge in [-0.15, -0.1) is 0 Å². The molecule has 2 aliphatic rings. The Morgan fingerprint density at radius 1 is 1.00 bits per heavy atom. The van der Waals surface area contributed by atoms with Crippen molar-refractivity contribution in [3.63, 3.8) is 0 Å². The maximum absolute atomic E-state index is 9.14. The quantitative estimate of drug-likeness (QED) is 0.285. The summed E-state index contributed by atoms with van der Waals surface area (Å²) in [4.78, 5) is 0. The van der Waals surface area contributed by atoms with Gasteiger partial charge < -0.3 is 14.6 Å². The van der Waals surface area contributed by atoms with E-state index in [1.807, 2.05) is 0 Å². The second-order valence-electron chi connectivity index (χ2n) is 9.51. The molecule has 2 aromatic rings. The van der Waals surface area contributed by atoms with Crippen LogP contribution in [0.4, 0.5) is 0 Å². The number of fused-ring (bicyclic) bond motifs is 1. The number of aliphatic hydroxyl groups excluding tert-OH is 1. The monoisotopic (exact) mass is 446 g/mol. The van der Waals surface area contributed by atoms with Crippen LogP contribution in [0.15, 0.2) is 72.8 Å². The number of unbranched alkanes of at least 4 members (excludes halogenated alkanes) is 3. The Balaban J connectivity index is 1.75. The Labute approximate surface area is 199 Å². The molecule has 3 nitrogen and oxygen atoms in total. The third-order valence-electron chi connectivity index (χ3n) is 7.68. The van der Waals surface area contributed by atoms with Crippen molar-refractivity contribution in [2.45, 2.75) is 57.5 Å². The number of ether oxygens (including phenoxy) is 2. The van der Waals surface area contributed by atoms with Crippen LogP contribution < -0.4 is 0 Å². The third-order valence-corrected chi connectivity index (χ3v) is 7.68. The van der Waals surface area contributed by atoms with Crippen LogP contribution in [-0.2, 0) is 9.47 Å². The molecule has 3 atom stereocenters. The van der Waals surface area contributed by atoms with Crippen molar-refractivity contribution in [3.8, 4) is 0 Å². The molecular formula is C30H38O3. The maximum Gasteiger partial charge on any atom is 0.146 e. The molecule has 0 aromatic heterocycles. The van der Waals surface area contributed by atoms with Crippen molar-refractivity contribution < 1.29 is 14.6 Å². The maximum atomic E-state index is 9.14. The van der Waals surface area contributed by atoms with E-state index in [1.54, 1.807) is 12.7 Å². The van der Waals surface area contributed by atoms with Crippen molar-refractivity contribution in [2.75, 3.05) is 20.5 Å². The van der Waals surface area contributed by atoms with E-state index in [9.17, 15) is 0 Å². The summed E-state index contributed by atoms with van der Waals surface area (Å²) in [5, 5.41) is 9.14. The van der Waals surface area contributed by atoms with Gasteiger partial charge in [0, 0.05) is 25.0 Å². The molecular weight excluding hydrogens is 408 g/mol. The van der Waals surface area contributed by atoms with Crippen molar-refractivity contribution in [3.05, 3.63) is 83.9 Å². The second kappa shape index (κ2) is 11.3. The molecule has 33 heavy (non-hydrogen) atoms. The molecule has 0 radical (unpaired) electrons. The minimum atomic E-state index is -0.110. The molecule has 3 unspecified atom stereocenters. The van der Waals surface area contributed by atoms with Gasteiger partial charge in [0.05, 0.1) is 6.10 Å². The Morgan fingerprint density at radius 2 is 1.70 bits per heavy atom. The second-order valence-corrected chi connectivity index (χ2v) is 9.51. The standard InChI is InChI=1S/C30H38O3/c1-23(24-13-8-5-9-14-24)30-19-18-28(33-22-32-2)27(30)21-26(17-7-3-4-12-20-31)29(30)25-15-10-6-11-16-25/h5-6,8-11,13-16,27-28,31H,1,3-4,7,12,17-22H2,2H3. The highest BCUT2D eigenvalue weighted by Gasteiger charge is 2.57. The molecule has 176 valence electrons. The van der Waals surface area contributed by atoms with Gasteiger partial charge in [0.1, 0.15) is 6.79 Å². The Bertz CT molecular complexity index is 934. The van der Waals surface area contributed by atoms with Gasteiger partial charge in [-0.05, 0) is 60.8 Å². The van der Waals surface area contributed by atoms with Crippen LogP contribution in [0.3, 0.4) is 0 Å². The smallest absolute Gasteiger partial charge is 0.146 e. The molecule has 1 N–H and O–H groups in total. The molecule has 0 heterocycles. The molecule has 4 rings (SSSR count). The van der Waals surface area contributed by atoms with Gasteiger partial charge in [0.2, 0.25) is 0 Å². The predicted molar refractivity (Wildman–Crippen MR) is 136 cm³/mol. The van der Waals surface area contributed by atoms with E-state index in [1.165, 1.54) is 22.3 Å². The topological polar surface area (TPSA) is 38.7 Å². The van der Waals surface area contributed by atoms with Crippen LogP contribution in [0, 0.1) is 11.3 Å². The van der Waals surface area contributed by atoms with E-state index in [2.05, 4.69) is 60.7 Å². The van der Waals surface area contributed by atoms with Crippen LogP contribution in [0.5, 0.6) is 0 Å². The van der Waals surface area contributed by atoms with Crippen LogP contribution in [0.25, 0.3) is 11.1 Å². The van der Waals surface area contributed by atoms with Gasteiger partial charge >= 0.3 is 0 Å². The third kappa shape index (κ3) is 4.87. The summed E-state index contributed by atoms with van der Waals surface area (Å²) in [7, 11) is 1.70. The normalized spacial score (nSPS) is 24.3. The van der Waals surface area contributed by atoms with Crippen molar-refractivity contribution in [1.82, 2.24) is 0 Å². The summed E-state index contributed by atoms with van der Waals surface area (Å²) in [6.45, 7) is 5.37. The first-order valence-electron chi connectivity index (χ1n) is 12.5. The largest absolute Gasteiger partial charge is 0.396 e. The van der Waals surface area contributed by atoms with Crippen LogP contribution in [0.2, 0.25) is 0 Å². The number of rotatable bonds is 12. The number of hydrogen-bond donors (Lipinski definition) is 1. The highest BCUT2D eigenvalue weighted by atomic mass is 16.7. The van der Waals surface area contributed by atoms with Gasteiger partial charge in [0.25, 0.3) is 0 Å². The SMILES string of the molecule is C=C(c1ccccc1)C12CCC(OCOC)C1CC(CCCCCCO)=C2c1ccccc1. The Hall–Kier alpha value is -2.20. The van der Waals surface area contributed by atoms with Crippen LogP contribution >= 0.6 is 0 Å². The number of benzene rings is 2. The van der Waals surface area contributed by atoms with E-state index >= 15 is 0 Å². The van der Waals surface area contributed by atoms with Crippen molar-refractivity contribution in [1.29, 1.82) is 0 Å². The zero-order valence-corrected chi connectivity index (χ0v) is 20.0. The number of hydrogen-bond acceptors (Lipinski definition) is 3. The zero-order valence-electron chi connectivity index (χ0n) is 20.0. The first kappa shape index (κ1) is 23.9. The summed E-state index contributed by atoms with van der Waals surface area (Å²) in [5.41, 5.74) is 6.74. The summed E-state index contributed by atoms with van der Waals surface area (Å²) >= 11 is 0. The van der Waals surface area contributed by atoms with Gasteiger partial charge in [-0.1, -0.05) is 85.7 Å². The minimum absolute atomic E-state index is 0.110. The van der Waals surface area contributed by atoms with Gasteiger partial charge in [-0.2, -0.15) is 0 Å². The van der Waals surface area contributed by atoms with Crippen LogP contribution in [0.1, 0.15) is 62.5 Å². The summed E-state index contributed by atoms with van der Waals surface area (Å²) in [5.74, 6) is 0.378. The molecule has 0 bridgehead atoms. The summed E-state index contributed by atoms with van der Waals surface area (Å²) in [6.07, 6.45) is 8.73. The fourth-order valence-electron chi connectivity index (χ4n) is 6.25. The van der Waals surface area contributed by atoms with E-state index in [0.717, 1.165) is 51.4 Å². The fourth-order valence-corrected chi connectivity index (χ4v) is 6.25. The lowest BCUT2D eigenvalue weighted by molar-refractivity contribution is -0.0858. The molecule has 2 aliphatic carbocycles. The fraction of sp³-hybridized carbons (Fsp3) is 0.467. The molecule has 0 amide bonds. The number of aliphatic hydroxyl groups is 1. The zero-order chi connectivity index (χ0) is 23.1. The van der Waals surface area contributed by atoms with Gasteiger partial charge in [-0.25, -0.2) is 0 Å². The summed E-state index contributed by atoms with van der Waals surface area (Å²) < 4.78 is 11.5. The molecule has 0 aliphatic heterocycles. The van der Waals surface area contributed by atoms with E-state index in [4.69, 9.17) is 21.2 Å². The average Bonchev–Trinajstić information content (AvgIpc) is 3.38. The lowest BCUT2D eigenvalue weighted by atomic mass is 9.66. The van der Waals surface area contributed by atoms with E-state index < -0.39 is 0 Å². The average molecular weight is 447 g/mol. The van der Waals surface area contributed by atoms with Crippen molar-refractivity contribution >= 4 is 11.1 Å². The number of methoxy groups -OCH3 is 1. The minimum Gasteiger partial charge on any atom is -0.396 e. The first-order valence-corrected chi connectivity index (χ1v) is 12.5.